The zero-order chi connectivity index (χ0) is 101. The standard InChI is InChI=1S/C29H31N5O5.C28H29N5O5.C25H19N5O4.C24H19N5O4/c1-18-5-4-6-19(2)34(18)25(32-38)21-9-7-20(8-10-21)13-14-29(27(36)30-28(37)31-29)17-33-16-22-11-12-23(39-3)15-24(22)26(33)35;1-18-5-3-4-14-33(18)24(31-37)20-8-6-19(7-9-20)12-13-28(26(35)29-27(36)30-28)17-32-16-21-10-11-22(38-2)15-23(21)25(32)34;1-34-19-5-4-18-14-30(22(31)20(18)13-19)15-25(23(32)28-24(33)29-25)9-6-16-3-2-10-27-21(16)17-7-11-26-12-8-17;1-33-18-4-3-17-13-29(21(30)19(17)10-18)14-24(22(31)27-23(32)28-24)8-6-15-2-5-20(26-11-15)16-7-9-25-12-16/h7-12,15,18-19,38H,4-6,16-17H2,1-3H3,(H2,30,31,36,37);6-11,15,18,37H,3-5,14,16-17H2,1-2H3,(H2,29,30,35,36);2-5,7-8,10-13H,14-15H2,1H3,(H2,28,29,32,33);2-5,7,10-12H,9,13-14H2,1H3,(H2,27,28,31,32)/t18-,19+,29-;18-,28+;25-;24-/m1011/s1. The summed E-state index contributed by atoms with van der Waals surface area (Å²) in [5, 5.41) is 46.1. The Kier molecular flexibility index (Phi) is 28.1. The Morgan fingerprint density at radius 1 is 0.424 bits per heavy atom. The highest BCUT2D eigenvalue weighted by molar-refractivity contribution is 6.14. The molecule has 3 aromatic heterocycles. The lowest BCUT2D eigenvalue weighted by Crippen LogP contribution is -2.54. The monoisotopic (exact) mass is 1940 g/mol. The van der Waals surface area contributed by atoms with Gasteiger partial charge in [-0.3, -0.25) is 79.6 Å². The van der Waals surface area contributed by atoms with Gasteiger partial charge in [0.05, 0.1) is 78.1 Å². The minimum Gasteiger partial charge on any atom is -0.497 e. The van der Waals surface area contributed by atoms with Gasteiger partial charge in [0, 0.05) is 143 Å². The molecule has 20 rings (SSSR count). The highest BCUT2D eigenvalue weighted by Gasteiger charge is 2.53. The molecule has 10 N–H and O–H groups in total. The number of aliphatic imine (C=N–C) groups is 1. The number of carbonyl (C=O) groups excluding carboxylic acids is 12. The van der Waals surface area contributed by atoms with Gasteiger partial charge in [0.2, 0.25) is 22.2 Å². The van der Waals surface area contributed by atoms with E-state index in [-0.39, 0.29) is 81.0 Å². The Hall–Kier alpha value is -18.2. The number of likely N-dealkylation sites (tertiary alicyclic amines) is 2. The molecular formula is C106H98N20O18. The number of aromatic nitrogens is 3. The molecule has 0 saturated carbocycles. The van der Waals surface area contributed by atoms with Crippen LogP contribution in [-0.4, -0.2) is 252 Å². The molecule has 9 aromatic rings. The highest BCUT2D eigenvalue weighted by Crippen LogP contribution is 2.36. The summed E-state index contributed by atoms with van der Waals surface area (Å²) in [4.78, 5) is 179. The van der Waals surface area contributed by atoms with Crippen LogP contribution in [0.4, 0.5) is 19.2 Å². The van der Waals surface area contributed by atoms with Gasteiger partial charge in [-0.25, -0.2) is 19.2 Å². The predicted molar refractivity (Wildman–Crippen MR) is 523 cm³/mol. The zero-order valence-electron chi connectivity index (χ0n) is 79.3. The topological polar surface area (TPSA) is 474 Å². The average molecular weight is 1940 g/mol. The van der Waals surface area contributed by atoms with E-state index in [2.05, 4.69) is 151 Å². The first-order valence-corrected chi connectivity index (χ1v) is 46.3. The number of benzene rings is 6. The van der Waals surface area contributed by atoms with E-state index in [9.17, 15) is 67.9 Å². The molecule has 0 aliphatic carbocycles. The summed E-state index contributed by atoms with van der Waals surface area (Å²) in [6.45, 7) is 8.57. The van der Waals surface area contributed by atoms with E-state index in [1.807, 2.05) is 72.8 Å². The number of pyridine rings is 3. The normalized spacial score (nSPS) is 21.9. The first-order valence-electron chi connectivity index (χ1n) is 46.3. The molecule has 7 atom stereocenters. The van der Waals surface area contributed by atoms with Crippen LogP contribution in [0.25, 0.3) is 16.8 Å². The highest BCUT2D eigenvalue weighted by atomic mass is 16.5. The van der Waals surface area contributed by atoms with Gasteiger partial charge in [0.15, 0.2) is 11.7 Å². The molecule has 0 radical (unpaired) electrons. The van der Waals surface area contributed by atoms with E-state index in [1.54, 1.807) is 122 Å². The molecule has 38 nitrogen and oxygen atoms in total. The molecule has 11 aliphatic rings. The number of nitrogens with zero attached hydrogens (tertiary/aromatic N) is 12. The number of urea groups is 4. The lowest BCUT2D eigenvalue weighted by atomic mass is 9.96. The maximum absolute atomic E-state index is 13.1. The fourth-order valence-corrected chi connectivity index (χ4v) is 18.8. The number of rotatable bonds is 16. The molecule has 6 saturated heterocycles. The molecule has 730 valence electrons. The number of carbonyl (C=O) groups is 12. The average Bonchev–Trinajstić information content (AvgIpc) is 1.63. The minimum absolute atomic E-state index is 0.0950. The van der Waals surface area contributed by atoms with Crippen molar-refractivity contribution in [1.82, 2.24) is 86.9 Å². The summed E-state index contributed by atoms with van der Waals surface area (Å²) in [5.41, 5.74) is 5.87. The molecular weight excluding hydrogens is 1840 g/mol. The summed E-state index contributed by atoms with van der Waals surface area (Å²) < 4.78 is 20.9. The van der Waals surface area contributed by atoms with Gasteiger partial charge >= 0.3 is 24.1 Å². The van der Waals surface area contributed by atoms with E-state index in [1.165, 1.54) is 48.0 Å². The van der Waals surface area contributed by atoms with E-state index in [0.29, 0.717) is 105 Å². The summed E-state index contributed by atoms with van der Waals surface area (Å²) in [5.74, 6) is 23.4. The number of piperidine rings is 2. The van der Waals surface area contributed by atoms with Crippen LogP contribution in [0.15, 0.2) is 204 Å². The fourth-order valence-electron chi connectivity index (χ4n) is 18.8. The van der Waals surface area contributed by atoms with E-state index >= 15 is 0 Å². The Labute approximate surface area is 826 Å². The number of hydrogen-bond donors (Lipinski definition) is 10. The van der Waals surface area contributed by atoms with Crippen molar-refractivity contribution in [3.8, 4) is 81.6 Å². The number of fused-ring (bicyclic) bond motifs is 4. The molecule has 14 heterocycles. The number of hydrogen-bond acceptors (Lipinski definition) is 24. The number of allylic oxidation sites excluding steroid dienone is 1. The van der Waals surface area contributed by atoms with Gasteiger partial charge < -0.3 is 80.0 Å². The van der Waals surface area contributed by atoms with Gasteiger partial charge in [0.1, 0.15) is 23.0 Å². The lowest BCUT2D eigenvalue weighted by Gasteiger charge is -2.40. The Balaban J connectivity index is 0.000000132. The van der Waals surface area contributed by atoms with Gasteiger partial charge in [-0.15, -0.1) is 0 Å². The summed E-state index contributed by atoms with van der Waals surface area (Å²) >= 11 is 0. The fraction of sp³-hybridized carbons (Fsp3) is 0.283. The molecule has 38 heteroatoms. The number of ether oxygens (including phenoxy) is 4. The van der Waals surface area contributed by atoms with Crippen LogP contribution in [0.1, 0.15) is 162 Å². The van der Waals surface area contributed by atoms with Crippen LogP contribution in [-0.2, 0) is 45.4 Å². The van der Waals surface area contributed by atoms with Crippen LogP contribution in [0.3, 0.4) is 0 Å². The van der Waals surface area contributed by atoms with Crippen LogP contribution >= 0.6 is 0 Å². The Morgan fingerprint density at radius 3 is 1.16 bits per heavy atom. The van der Waals surface area contributed by atoms with Crippen molar-refractivity contribution >= 4 is 94.8 Å². The number of methoxy groups -OCH3 is 4. The third-order valence-electron chi connectivity index (χ3n) is 26.4. The number of nitrogens with one attached hydrogen (secondary N) is 8. The number of amides is 16. The zero-order valence-corrected chi connectivity index (χ0v) is 79.3. The second-order valence-corrected chi connectivity index (χ2v) is 35.8. The van der Waals surface area contributed by atoms with Crippen molar-refractivity contribution in [2.24, 2.45) is 15.3 Å². The minimum atomic E-state index is -1.61. The van der Waals surface area contributed by atoms with Gasteiger partial charge in [-0.05, 0) is 215 Å². The van der Waals surface area contributed by atoms with E-state index in [0.717, 1.165) is 95.3 Å². The number of oxime groups is 2. The van der Waals surface area contributed by atoms with Gasteiger partial charge in [-0.1, -0.05) is 88.0 Å². The summed E-state index contributed by atoms with van der Waals surface area (Å²) in [7, 11) is 6.11. The van der Waals surface area contributed by atoms with Crippen LogP contribution in [0.5, 0.6) is 23.0 Å². The second kappa shape index (κ2) is 41.5. The van der Waals surface area contributed by atoms with Crippen molar-refractivity contribution in [3.63, 3.8) is 0 Å². The first kappa shape index (κ1) is 97.4. The molecule has 0 unspecified atom stereocenters. The van der Waals surface area contributed by atoms with Crippen LogP contribution < -0.4 is 61.5 Å². The molecule has 144 heavy (non-hydrogen) atoms. The number of amidine groups is 2. The Morgan fingerprint density at radius 2 is 0.806 bits per heavy atom. The molecule has 16 amide bonds. The quantitative estimate of drug-likeness (QED) is 0.0110. The molecule has 6 aromatic carbocycles. The lowest BCUT2D eigenvalue weighted by molar-refractivity contribution is -0.123. The Bertz CT molecular complexity index is 7140. The summed E-state index contributed by atoms with van der Waals surface area (Å²) in [6.07, 6.45) is 16.7. The SMILES string of the molecule is COc1ccc2c(c1)C(=O)N(C[C@@]1(C#Cc3ccc(C(=NO)N4CCCC[C@@H]4C)cc3)NC(=O)NC1=O)C2.COc1ccc2c(c1)C(=O)N(C[C@@]1(C#Cc3ccc(C(=NO)N4[C@H](C)CCC[C@@H]4C)cc3)NC(=O)NC1=O)C2.COc1ccc2c(c1)C(=O)N(C[C@@]1(C#Cc3ccc(C4=CCN=C4)nc3)NC(=O)NC1=O)C2.COc1ccc2c(c1)C(=O)N(C[C@@]1(C#Cc3cccnc3-c3ccncc3)NC(=O)NC1=O)C2. The third-order valence-corrected chi connectivity index (χ3v) is 26.4. The molecule has 0 spiro atoms. The van der Waals surface area contributed by atoms with E-state index < -0.39 is 69.9 Å². The van der Waals surface area contributed by atoms with Crippen LogP contribution in [0.2, 0.25) is 0 Å². The summed E-state index contributed by atoms with van der Waals surface area (Å²) in [6, 6.07) is 44.3. The first-order chi connectivity index (χ1) is 69.5. The maximum Gasteiger partial charge on any atom is 0.323 e. The third kappa shape index (κ3) is 20.4. The van der Waals surface area contributed by atoms with Crippen molar-refractivity contribution < 1.29 is 86.9 Å². The van der Waals surface area contributed by atoms with Gasteiger partial charge in [0.25, 0.3) is 47.3 Å². The van der Waals surface area contributed by atoms with Crippen molar-refractivity contribution in [3.05, 3.63) is 272 Å². The van der Waals surface area contributed by atoms with Crippen LogP contribution in [0, 0.1) is 47.4 Å². The molecule has 0 bridgehead atoms. The predicted octanol–water partition coefficient (Wildman–Crippen LogP) is 7.85. The van der Waals surface area contributed by atoms with E-state index in [4.69, 9.17) is 18.9 Å². The molecule has 6 fully saturated rings. The maximum atomic E-state index is 13.1. The number of imide groups is 4. The van der Waals surface area contributed by atoms with Crippen molar-refractivity contribution in [2.75, 3.05) is 67.7 Å². The van der Waals surface area contributed by atoms with Gasteiger partial charge in [-0.2, -0.15) is 0 Å². The second-order valence-electron chi connectivity index (χ2n) is 35.8. The molecule has 11 aliphatic heterocycles. The smallest absolute Gasteiger partial charge is 0.323 e. The van der Waals surface area contributed by atoms with Crippen molar-refractivity contribution in [1.29, 1.82) is 0 Å². The van der Waals surface area contributed by atoms with Crippen molar-refractivity contribution in [2.45, 2.75) is 126 Å². The largest absolute Gasteiger partial charge is 0.497 e.